The topological polar surface area (TPSA) is 56.1 Å². The average molecular weight is 251 g/mol. The second-order valence-corrected chi connectivity index (χ2v) is 5.58. The normalized spacial score (nSPS) is 18.0. The Morgan fingerprint density at radius 1 is 1.44 bits per heavy atom. The van der Waals surface area contributed by atoms with E-state index in [0.29, 0.717) is 12.6 Å². The van der Waals surface area contributed by atoms with Crippen molar-refractivity contribution in [3.8, 4) is 6.07 Å². The van der Waals surface area contributed by atoms with Gasteiger partial charge in [-0.25, -0.2) is 0 Å². The Morgan fingerprint density at radius 3 is 2.56 bits per heavy atom. The number of hydrogen-bond acceptors (Lipinski definition) is 3. The molecule has 0 spiro atoms. The fraction of sp³-hybridized carbons (Fsp3) is 0.857. The van der Waals surface area contributed by atoms with E-state index in [4.69, 9.17) is 0 Å². The van der Waals surface area contributed by atoms with Crippen LogP contribution in [0.5, 0.6) is 0 Å². The Kier molecular flexibility index (Phi) is 5.61. The quantitative estimate of drug-likeness (QED) is 0.734. The van der Waals surface area contributed by atoms with Gasteiger partial charge in [0.05, 0.1) is 6.07 Å². The van der Waals surface area contributed by atoms with Crippen molar-refractivity contribution in [3.63, 3.8) is 0 Å². The third-order valence-corrected chi connectivity index (χ3v) is 3.96. The summed E-state index contributed by atoms with van der Waals surface area (Å²) in [6.45, 7) is 5.94. The highest BCUT2D eigenvalue weighted by molar-refractivity contribution is 5.85. The number of nitriles is 1. The monoisotopic (exact) mass is 251 g/mol. The summed E-state index contributed by atoms with van der Waals surface area (Å²) in [4.78, 5) is 14.3. The highest BCUT2D eigenvalue weighted by Gasteiger charge is 2.41. The molecule has 1 aliphatic rings. The second kappa shape index (κ2) is 6.75. The van der Waals surface area contributed by atoms with Crippen molar-refractivity contribution >= 4 is 5.91 Å². The molecule has 0 aromatic rings. The van der Waals surface area contributed by atoms with E-state index in [9.17, 15) is 10.1 Å². The van der Waals surface area contributed by atoms with E-state index < -0.39 is 5.41 Å². The van der Waals surface area contributed by atoms with E-state index in [1.54, 1.807) is 0 Å². The summed E-state index contributed by atoms with van der Waals surface area (Å²) in [6, 6.07) is 2.75. The van der Waals surface area contributed by atoms with Gasteiger partial charge in [-0.2, -0.15) is 5.26 Å². The number of nitrogens with one attached hydrogen (secondary N) is 1. The van der Waals surface area contributed by atoms with Crippen LogP contribution in [0.4, 0.5) is 0 Å². The van der Waals surface area contributed by atoms with Gasteiger partial charge in [-0.05, 0) is 46.7 Å². The van der Waals surface area contributed by atoms with Gasteiger partial charge in [0.2, 0.25) is 5.91 Å². The minimum atomic E-state index is -0.732. The molecule has 18 heavy (non-hydrogen) atoms. The maximum absolute atomic E-state index is 12.0. The van der Waals surface area contributed by atoms with Crippen molar-refractivity contribution in [2.24, 2.45) is 5.41 Å². The molecule has 0 aromatic heterocycles. The fourth-order valence-electron chi connectivity index (χ4n) is 2.33. The maximum atomic E-state index is 12.0. The molecule has 1 fully saturated rings. The van der Waals surface area contributed by atoms with Crippen LogP contribution >= 0.6 is 0 Å². The molecule has 0 unspecified atom stereocenters. The standard InChI is InChI=1S/C14H25N3O/c1-12(2)17(3)10-6-9-16-13(18)14(11-15)7-4-5-8-14/h12H,4-10H2,1-3H3,(H,16,18). The van der Waals surface area contributed by atoms with Crippen LogP contribution in [-0.4, -0.2) is 37.0 Å². The maximum Gasteiger partial charge on any atom is 0.240 e. The van der Waals surface area contributed by atoms with Gasteiger partial charge in [0.25, 0.3) is 0 Å². The van der Waals surface area contributed by atoms with E-state index in [0.717, 1.165) is 38.6 Å². The van der Waals surface area contributed by atoms with Crippen LogP contribution < -0.4 is 5.32 Å². The summed E-state index contributed by atoms with van der Waals surface area (Å²) in [7, 11) is 2.08. The molecule has 0 radical (unpaired) electrons. The Labute approximate surface area is 110 Å². The number of hydrogen-bond donors (Lipinski definition) is 1. The Morgan fingerprint density at radius 2 is 2.06 bits per heavy atom. The summed E-state index contributed by atoms with van der Waals surface area (Å²) in [6.07, 6.45) is 4.37. The van der Waals surface area contributed by atoms with Crippen LogP contribution in [0.25, 0.3) is 0 Å². The van der Waals surface area contributed by atoms with Gasteiger partial charge < -0.3 is 10.2 Å². The van der Waals surface area contributed by atoms with Crippen molar-refractivity contribution in [3.05, 3.63) is 0 Å². The van der Waals surface area contributed by atoms with Crippen LogP contribution in [0.15, 0.2) is 0 Å². The molecule has 0 aromatic carbocycles. The number of carbonyl (C=O) groups is 1. The zero-order valence-corrected chi connectivity index (χ0v) is 11.8. The van der Waals surface area contributed by atoms with Crippen molar-refractivity contribution in [1.82, 2.24) is 10.2 Å². The minimum Gasteiger partial charge on any atom is -0.355 e. The molecule has 0 aliphatic heterocycles. The third-order valence-electron chi connectivity index (χ3n) is 3.96. The molecule has 4 heteroatoms. The predicted octanol–water partition coefficient (Wildman–Crippen LogP) is 1.92. The summed E-state index contributed by atoms with van der Waals surface area (Å²) >= 11 is 0. The van der Waals surface area contributed by atoms with Crippen molar-refractivity contribution < 1.29 is 4.79 Å². The molecule has 0 bridgehead atoms. The molecule has 0 heterocycles. The summed E-state index contributed by atoms with van der Waals surface area (Å²) in [5.74, 6) is -0.0605. The van der Waals surface area contributed by atoms with Crippen molar-refractivity contribution in [2.45, 2.75) is 52.0 Å². The predicted molar refractivity (Wildman–Crippen MR) is 71.9 cm³/mol. The molecule has 1 saturated carbocycles. The van der Waals surface area contributed by atoms with Crippen LogP contribution in [0.2, 0.25) is 0 Å². The zero-order chi connectivity index (χ0) is 13.6. The molecule has 4 nitrogen and oxygen atoms in total. The number of nitrogens with zero attached hydrogens (tertiary/aromatic N) is 2. The number of amides is 1. The van der Waals surface area contributed by atoms with E-state index in [2.05, 4.69) is 37.2 Å². The van der Waals surface area contributed by atoms with Crippen molar-refractivity contribution in [1.29, 1.82) is 5.26 Å². The van der Waals surface area contributed by atoms with E-state index in [1.165, 1.54) is 0 Å². The summed E-state index contributed by atoms with van der Waals surface area (Å²) in [5.41, 5.74) is -0.732. The highest BCUT2D eigenvalue weighted by Crippen LogP contribution is 2.37. The Hall–Kier alpha value is -1.08. The average Bonchev–Trinajstić information content (AvgIpc) is 2.83. The van der Waals surface area contributed by atoms with Crippen LogP contribution in [0.1, 0.15) is 46.0 Å². The lowest BCUT2D eigenvalue weighted by atomic mass is 9.87. The smallest absolute Gasteiger partial charge is 0.240 e. The number of carbonyl (C=O) groups excluding carboxylic acids is 1. The Bertz CT molecular complexity index is 313. The molecule has 0 atom stereocenters. The molecular weight excluding hydrogens is 226 g/mol. The summed E-state index contributed by atoms with van der Waals surface area (Å²) < 4.78 is 0. The van der Waals surface area contributed by atoms with Gasteiger partial charge in [-0.3, -0.25) is 4.79 Å². The van der Waals surface area contributed by atoms with E-state index in [-0.39, 0.29) is 5.91 Å². The molecule has 1 N–H and O–H groups in total. The van der Waals surface area contributed by atoms with E-state index in [1.807, 2.05) is 0 Å². The first-order valence-electron chi connectivity index (χ1n) is 6.91. The van der Waals surface area contributed by atoms with Gasteiger partial charge in [-0.15, -0.1) is 0 Å². The first-order valence-corrected chi connectivity index (χ1v) is 6.91. The minimum absolute atomic E-state index is 0.0605. The molecule has 1 aliphatic carbocycles. The third kappa shape index (κ3) is 3.71. The van der Waals surface area contributed by atoms with Gasteiger partial charge in [0.15, 0.2) is 0 Å². The zero-order valence-electron chi connectivity index (χ0n) is 11.8. The van der Waals surface area contributed by atoms with Gasteiger partial charge in [-0.1, -0.05) is 12.8 Å². The molecule has 102 valence electrons. The Balaban J connectivity index is 2.27. The van der Waals surface area contributed by atoms with Gasteiger partial charge in [0.1, 0.15) is 5.41 Å². The lowest BCUT2D eigenvalue weighted by Gasteiger charge is -2.22. The lowest BCUT2D eigenvalue weighted by molar-refractivity contribution is -0.127. The van der Waals surface area contributed by atoms with E-state index >= 15 is 0 Å². The first kappa shape index (κ1) is 15.0. The fourth-order valence-corrected chi connectivity index (χ4v) is 2.33. The molecule has 1 amide bonds. The van der Waals surface area contributed by atoms with Crippen LogP contribution in [0, 0.1) is 16.7 Å². The molecular formula is C14H25N3O. The van der Waals surface area contributed by atoms with Gasteiger partial charge >= 0.3 is 0 Å². The van der Waals surface area contributed by atoms with Crippen LogP contribution in [-0.2, 0) is 4.79 Å². The first-order chi connectivity index (χ1) is 8.52. The molecule has 0 saturated heterocycles. The van der Waals surface area contributed by atoms with Gasteiger partial charge in [0, 0.05) is 12.6 Å². The lowest BCUT2D eigenvalue weighted by Crippen LogP contribution is -2.39. The second-order valence-electron chi connectivity index (χ2n) is 5.58. The van der Waals surface area contributed by atoms with Crippen LogP contribution in [0.3, 0.4) is 0 Å². The van der Waals surface area contributed by atoms with Crippen molar-refractivity contribution in [2.75, 3.05) is 20.1 Å². The molecule has 1 rings (SSSR count). The SMILES string of the molecule is CC(C)N(C)CCCNC(=O)C1(C#N)CCCC1. The largest absolute Gasteiger partial charge is 0.355 e. The highest BCUT2D eigenvalue weighted by atomic mass is 16.2. The summed E-state index contributed by atoms with van der Waals surface area (Å²) in [5, 5.41) is 12.1. The number of rotatable bonds is 6.